The van der Waals surface area contributed by atoms with Gasteiger partial charge in [0.05, 0.1) is 17.1 Å². The van der Waals surface area contributed by atoms with Gasteiger partial charge in [0.15, 0.2) is 0 Å². The van der Waals surface area contributed by atoms with Crippen molar-refractivity contribution in [1.82, 2.24) is 135 Å². The third kappa shape index (κ3) is 17.1. The molecule has 0 unspecified atom stereocenters. The van der Waals surface area contributed by atoms with Crippen molar-refractivity contribution in [2.45, 2.75) is 0 Å². The summed E-state index contributed by atoms with van der Waals surface area (Å²) in [5, 5.41) is 78.1. The number of anilines is 1. The first kappa shape index (κ1) is 87.7. The Morgan fingerprint density at radius 2 is 0.321 bits per heavy atom. The summed E-state index contributed by atoms with van der Waals surface area (Å²) in [7, 11) is 0. The van der Waals surface area contributed by atoms with Crippen LogP contribution in [0, 0.1) is 6.20 Å². The zero-order valence-electron chi connectivity index (χ0n) is 68.4. The van der Waals surface area contributed by atoms with Crippen molar-refractivity contribution in [2.24, 2.45) is 0 Å². The Labute approximate surface area is 897 Å². The third-order valence-electron chi connectivity index (χ3n) is 20.1. The van der Waals surface area contributed by atoms with Gasteiger partial charge in [0.1, 0.15) is 285 Å². The molecule has 27 aromatic heterocycles. The summed E-state index contributed by atoms with van der Waals surface area (Å²) in [6, 6.07) is 0. The van der Waals surface area contributed by atoms with E-state index in [1.807, 2.05) is 140 Å². The molecule has 675 valence electrons. The average Bonchev–Trinajstić information content (AvgIpc) is 1.66. The molecule has 0 atom stereocenters. The van der Waals surface area contributed by atoms with E-state index >= 15 is 0 Å². The lowest BCUT2D eigenvalue weighted by atomic mass is 10.4. The van der Waals surface area contributed by atoms with E-state index in [-0.39, 0.29) is 0 Å². The van der Waals surface area contributed by atoms with E-state index in [1.54, 1.807) is 148 Å². The molecule has 28 nitrogen and oxygen atoms in total. The summed E-state index contributed by atoms with van der Waals surface area (Å²) in [5.41, 5.74) is 22.9. The van der Waals surface area contributed by atoms with Crippen LogP contribution in [0.25, 0.3) is 273 Å². The molecule has 1 aliphatic heterocycles. The second-order valence-electron chi connectivity index (χ2n) is 28.8. The first-order valence-corrected chi connectivity index (χ1v) is 64.7. The van der Waals surface area contributed by atoms with Crippen molar-refractivity contribution in [2.75, 3.05) is 10.8 Å². The van der Waals surface area contributed by atoms with Crippen LogP contribution in [0.5, 0.6) is 0 Å². The highest BCUT2D eigenvalue weighted by Gasteiger charge is 2.30. The highest BCUT2D eigenvalue weighted by molar-refractivity contribution is 8.02. The van der Waals surface area contributed by atoms with Gasteiger partial charge in [0, 0.05) is 145 Å². The van der Waals surface area contributed by atoms with Crippen molar-refractivity contribution >= 4 is 329 Å². The van der Waals surface area contributed by atoms with Crippen LogP contribution in [0.2, 0.25) is 0 Å². The molecule has 0 N–H and O–H groups in total. The number of thiazole rings is 27. The Balaban J connectivity index is 0.327. The maximum atomic E-state index is 5.02. The molecule has 0 fully saturated rings. The molecule has 140 heavy (non-hydrogen) atoms. The SMILES string of the molecule is [c]1csc(-c2csc(-c3csc(-c4csc(-c5csc(-c6csc(-c7csc(-c8csc(-c9csc(-c%10csc(-c%11csc(-c%12csc(-c%13csc(-c%14csc(-c%15csc(-c%16csc(-c%17csc(-c%18csc(-c%19csc(-c%20csc(-c%21csc(-c%22csc(-c%23csc(-c%24csc(-c%25csc(-c%26csc(C%27=CSCN%27c%27cscn%27)n%26)n%25)n%24)n%23)n%22)n%21)n%20)n%19)n%18)n%17)n%16)n%15)n%14)n%13)n%12)n%11)n%10)n9)n8)n7)n6)n5)n4)n3)n2)n1. The number of rotatable bonds is 27. The van der Waals surface area contributed by atoms with E-state index in [0.717, 1.165) is 290 Å². The summed E-state index contributed by atoms with van der Waals surface area (Å²) in [6.45, 7) is 0. The quantitative estimate of drug-likeness (QED) is 0.0461. The van der Waals surface area contributed by atoms with Crippen LogP contribution in [0.1, 0.15) is 5.01 Å². The summed E-state index contributed by atoms with van der Waals surface area (Å²) in [5.74, 6) is 1.76. The summed E-state index contributed by atoms with van der Waals surface area (Å²) < 4.78 is 0. The van der Waals surface area contributed by atoms with E-state index in [9.17, 15) is 0 Å². The minimum Gasteiger partial charge on any atom is -0.312 e. The number of nitrogens with zero attached hydrogens (tertiary/aromatic N) is 28. The summed E-state index contributed by atoms with van der Waals surface area (Å²) >= 11 is 43.5. The van der Waals surface area contributed by atoms with Crippen LogP contribution in [-0.2, 0) is 0 Å². The van der Waals surface area contributed by atoms with Crippen LogP contribution in [0.15, 0.2) is 156 Å². The Morgan fingerprint density at radius 1 is 0.171 bits per heavy atom. The molecule has 0 aliphatic carbocycles. The topological polar surface area (TPSA) is 351 Å². The van der Waals surface area contributed by atoms with Crippen LogP contribution >= 0.6 is 318 Å². The molecule has 56 heteroatoms. The highest BCUT2D eigenvalue weighted by Crippen LogP contribution is 2.49. The van der Waals surface area contributed by atoms with Gasteiger partial charge in [-0.3, -0.25) is 0 Å². The van der Waals surface area contributed by atoms with Crippen molar-refractivity contribution < 1.29 is 0 Å². The zero-order valence-corrected chi connectivity index (χ0v) is 91.3. The van der Waals surface area contributed by atoms with Gasteiger partial charge in [-0.2, -0.15) is 0 Å². The molecule has 28 heterocycles. The normalized spacial score (nSPS) is 12.4. The molecule has 0 spiro atoms. The highest BCUT2D eigenvalue weighted by atomic mass is 32.2. The smallest absolute Gasteiger partial charge is 0.144 e. The van der Waals surface area contributed by atoms with Gasteiger partial charge >= 0.3 is 0 Å². The third-order valence-corrected chi connectivity index (χ3v) is 43.8. The van der Waals surface area contributed by atoms with E-state index in [0.29, 0.717) is 0 Å². The molecule has 0 saturated carbocycles. The van der Waals surface area contributed by atoms with Crippen LogP contribution < -0.4 is 4.90 Å². The fraction of sp³-hybridized carbons (Fsp3) is 0.0119. The lowest BCUT2D eigenvalue weighted by Gasteiger charge is -2.16. The lowest BCUT2D eigenvalue weighted by Crippen LogP contribution is -2.16. The fourth-order valence-corrected chi connectivity index (χ4v) is 36.7. The van der Waals surface area contributed by atoms with Gasteiger partial charge in [-0.1, -0.05) is 0 Å². The van der Waals surface area contributed by atoms with Gasteiger partial charge in [-0.15, -0.1) is 318 Å². The van der Waals surface area contributed by atoms with Gasteiger partial charge in [0.2, 0.25) is 0 Å². The Hall–Kier alpha value is -10.1. The largest absolute Gasteiger partial charge is 0.312 e. The van der Waals surface area contributed by atoms with Gasteiger partial charge in [-0.25, -0.2) is 135 Å². The average molecular weight is 2330 g/mol. The fourth-order valence-electron chi connectivity index (χ4n) is 13.6. The molecule has 0 saturated heterocycles. The molecule has 28 rings (SSSR count). The Bertz CT molecular complexity index is 8840. The van der Waals surface area contributed by atoms with E-state index in [1.165, 1.54) is 170 Å². The van der Waals surface area contributed by atoms with Crippen LogP contribution in [-0.4, -0.2) is 140 Å². The number of hydrogen-bond donors (Lipinski definition) is 0. The van der Waals surface area contributed by atoms with E-state index < -0.39 is 0 Å². The predicted octanol–water partition coefficient (Wildman–Crippen LogP) is 31.0. The standard InChI is InChI=1S/C84H31N28S28/c1-2-115-59(85-1)32-3-116-60(87-32)33-4-117-61(88-33)34-5-118-62(89-34)35-6-119-63(90-35)36-7-120-64(91-36)37-8-121-65(92-37)38-9-122-66(93-38)39-10-123-67(94-39)40-11-124-68(95-40)41-12-125-69(96-41)42-13-126-70(97-42)43-14-127-71(98-43)44-15-128-72(99-44)45-16-129-73(100-45)46-17-130-74(101-46)47-18-131-75(102-47)48-19-132-76(103-48)49-20-133-77(104-49)50-21-134-78(105-50)51-22-135-79(106-51)52-23-136-80(107-52)53-24-137-81(108-53)54-25-138-82(109-54)55-26-139-83(110-55)56-27-140-84(111-56)57-28-114-31-112(57)58-29-113-30-86-58/h2-30H,31H2. The van der Waals surface area contributed by atoms with Crippen LogP contribution in [0.4, 0.5) is 5.82 Å². The molecule has 1 aliphatic rings. The minimum atomic E-state index is 0.782. The zero-order chi connectivity index (χ0) is 92.0. The molecule has 0 bridgehead atoms. The Morgan fingerprint density at radius 3 is 0.464 bits per heavy atom. The van der Waals surface area contributed by atoms with E-state index in [4.69, 9.17) is 125 Å². The molecule has 0 aromatic carbocycles. The molecule has 1 radical (unpaired) electrons. The second-order valence-corrected chi connectivity index (χ2v) is 52.7. The van der Waals surface area contributed by atoms with Gasteiger partial charge in [-0.05, 0) is 5.41 Å². The van der Waals surface area contributed by atoms with Crippen molar-refractivity contribution in [3.05, 3.63) is 167 Å². The predicted molar refractivity (Wildman–Crippen MR) is 594 cm³/mol. The van der Waals surface area contributed by atoms with E-state index in [2.05, 4.69) is 37.2 Å². The summed E-state index contributed by atoms with van der Waals surface area (Å²) in [6.07, 6.45) is 2.87. The summed E-state index contributed by atoms with van der Waals surface area (Å²) in [4.78, 5) is 136. The molecule has 0 amide bonds. The van der Waals surface area contributed by atoms with Crippen molar-refractivity contribution in [3.8, 4) is 268 Å². The van der Waals surface area contributed by atoms with Crippen LogP contribution in [0.3, 0.4) is 0 Å². The Kier molecular flexibility index (Phi) is 23.3. The number of thioether (sulfide) groups is 1. The first-order valence-electron chi connectivity index (χ1n) is 39.9. The molecular formula is C84H31N28S28. The lowest BCUT2D eigenvalue weighted by molar-refractivity contribution is 1.14. The van der Waals surface area contributed by atoms with Gasteiger partial charge in [0.25, 0.3) is 0 Å². The van der Waals surface area contributed by atoms with Gasteiger partial charge < -0.3 is 4.90 Å². The molecular weight excluding hydrogens is 2300 g/mol. The van der Waals surface area contributed by atoms with Crippen molar-refractivity contribution in [3.63, 3.8) is 0 Å². The number of hydrogen-bond acceptors (Lipinski definition) is 56. The number of aromatic nitrogens is 27. The first-order chi connectivity index (χ1) is 69.1. The minimum absolute atomic E-state index is 0.782. The molecule has 27 aromatic rings. The maximum Gasteiger partial charge on any atom is 0.144 e. The van der Waals surface area contributed by atoms with Crippen molar-refractivity contribution in [1.29, 1.82) is 0 Å². The second kappa shape index (κ2) is 37.3. The maximum absolute atomic E-state index is 5.02. The monoisotopic (exact) mass is 2330 g/mol.